The first-order valence-electron chi connectivity index (χ1n) is 8.68. The summed E-state index contributed by atoms with van der Waals surface area (Å²) in [4.78, 5) is 24.3. The minimum Gasteiger partial charge on any atom is -0.346 e. The molecule has 1 amide bonds. The fraction of sp³-hybridized carbons (Fsp3) is 0.316. The van der Waals surface area contributed by atoms with Crippen LogP contribution in [0.25, 0.3) is 0 Å². The molecule has 1 aliphatic heterocycles. The number of non-ortho nitro benzene ring substituents is 1. The Balaban J connectivity index is 1.72. The molecule has 2 aromatic carbocycles. The second-order valence-electron chi connectivity index (χ2n) is 6.46. The summed E-state index contributed by atoms with van der Waals surface area (Å²) in [6.07, 6.45) is 2.39. The summed E-state index contributed by atoms with van der Waals surface area (Å²) in [7, 11) is 0. The molecule has 1 saturated heterocycles. The molecular weight excluding hydrogens is 354 g/mol. The third-order valence-corrected chi connectivity index (χ3v) is 5.13. The Labute approximate surface area is 156 Å². The van der Waals surface area contributed by atoms with Gasteiger partial charge in [-0.05, 0) is 6.07 Å². The Hall–Kier alpha value is -2.44. The van der Waals surface area contributed by atoms with Gasteiger partial charge in [0.15, 0.2) is 0 Å². The van der Waals surface area contributed by atoms with E-state index in [0.717, 1.165) is 13.1 Å². The Bertz CT molecular complexity index is 792. The molecule has 0 aromatic heterocycles. The normalized spacial score (nSPS) is 15.6. The lowest BCUT2D eigenvalue weighted by Gasteiger charge is -2.25. The van der Waals surface area contributed by atoms with Crippen LogP contribution in [0.1, 0.15) is 34.8 Å². The Morgan fingerprint density at radius 1 is 1.19 bits per heavy atom. The molecule has 0 aliphatic carbocycles. The maximum absolute atomic E-state index is 12.5. The molecule has 2 N–H and O–H groups in total. The highest BCUT2D eigenvalue weighted by atomic mass is 35.5. The molecule has 1 aliphatic rings. The quantitative estimate of drug-likeness (QED) is 0.602. The van der Waals surface area contributed by atoms with Crippen LogP contribution in [-0.4, -0.2) is 30.5 Å². The van der Waals surface area contributed by atoms with Crippen molar-refractivity contribution in [1.82, 2.24) is 5.32 Å². The van der Waals surface area contributed by atoms with Gasteiger partial charge in [-0.25, -0.2) is 0 Å². The Kier molecular flexibility index (Phi) is 5.85. The van der Waals surface area contributed by atoms with Crippen molar-refractivity contribution in [3.8, 4) is 0 Å². The van der Waals surface area contributed by atoms with Crippen LogP contribution < -0.4 is 10.2 Å². The first-order chi connectivity index (χ1) is 12.6. The maximum atomic E-state index is 12.5. The van der Waals surface area contributed by atoms with Gasteiger partial charge in [0, 0.05) is 30.5 Å². The number of nitro groups is 1. The number of carbonyl (C=O) groups excluding carboxylic acids is 1. The van der Waals surface area contributed by atoms with E-state index >= 15 is 0 Å². The van der Waals surface area contributed by atoms with Crippen LogP contribution >= 0.6 is 11.6 Å². The number of hydrogen-bond acceptors (Lipinski definition) is 3. The number of nitrogens with one attached hydrogen (secondary N) is 2. The predicted molar refractivity (Wildman–Crippen MR) is 99.6 cm³/mol. The zero-order valence-electron chi connectivity index (χ0n) is 14.3. The minimum absolute atomic E-state index is 0.0847. The van der Waals surface area contributed by atoms with E-state index in [1.54, 1.807) is 0 Å². The number of nitro benzene ring substituents is 1. The Morgan fingerprint density at radius 2 is 1.88 bits per heavy atom. The van der Waals surface area contributed by atoms with Crippen LogP contribution in [0.5, 0.6) is 0 Å². The van der Waals surface area contributed by atoms with E-state index in [1.165, 1.54) is 41.5 Å². The van der Waals surface area contributed by atoms with Gasteiger partial charge in [-0.15, -0.1) is 0 Å². The molecule has 0 bridgehead atoms. The van der Waals surface area contributed by atoms with E-state index in [2.05, 4.69) is 17.4 Å². The van der Waals surface area contributed by atoms with Gasteiger partial charge in [-0.1, -0.05) is 41.9 Å². The molecule has 3 rings (SSSR count). The lowest BCUT2D eigenvalue weighted by atomic mass is 10.1. The average Bonchev–Trinajstić information content (AvgIpc) is 3.17. The molecule has 1 atom stereocenters. The predicted octanol–water partition coefficient (Wildman–Crippen LogP) is 2.40. The van der Waals surface area contributed by atoms with Crippen molar-refractivity contribution in [3.05, 3.63) is 74.8 Å². The first-order valence-corrected chi connectivity index (χ1v) is 9.05. The van der Waals surface area contributed by atoms with Crippen LogP contribution in [0.2, 0.25) is 5.02 Å². The van der Waals surface area contributed by atoms with Gasteiger partial charge in [0.05, 0.1) is 35.1 Å². The fourth-order valence-corrected chi connectivity index (χ4v) is 3.71. The summed E-state index contributed by atoms with van der Waals surface area (Å²) < 4.78 is 0. The van der Waals surface area contributed by atoms with E-state index in [9.17, 15) is 14.9 Å². The van der Waals surface area contributed by atoms with Crippen molar-refractivity contribution in [2.45, 2.75) is 18.9 Å². The van der Waals surface area contributed by atoms with Crippen molar-refractivity contribution in [3.63, 3.8) is 0 Å². The summed E-state index contributed by atoms with van der Waals surface area (Å²) in [6.45, 7) is 2.67. The zero-order chi connectivity index (χ0) is 18.5. The van der Waals surface area contributed by atoms with Crippen LogP contribution in [0.4, 0.5) is 5.69 Å². The van der Waals surface area contributed by atoms with E-state index in [4.69, 9.17) is 11.6 Å². The number of halogens is 1. The first kappa shape index (κ1) is 18.4. The smallest absolute Gasteiger partial charge is 0.270 e. The summed E-state index contributed by atoms with van der Waals surface area (Å²) in [5, 5.41) is 13.8. The Morgan fingerprint density at radius 3 is 2.50 bits per heavy atom. The number of hydrogen-bond donors (Lipinski definition) is 2. The zero-order valence-corrected chi connectivity index (χ0v) is 15.0. The number of nitrogens with zero attached hydrogens (tertiary/aromatic N) is 1. The SMILES string of the molecule is O=C(NC[C@H](c1ccccc1)[NH+]1CCCC1)c1ccc([N+](=O)[O-])cc1Cl. The van der Waals surface area contributed by atoms with E-state index < -0.39 is 4.92 Å². The van der Waals surface area contributed by atoms with Gasteiger partial charge in [-0.2, -0.15) is 0 Å². The molecule has 136 valence electrons. The molecule has 0 radical (unpaired) electrons. The molecule has 1 fully saturated rings. The largest absolute Gasteiger partial charge is 0.346 e. The molecule has 26 heavy (non-hydrogen) atoms. The van der Waals surface area contributed by atoms with Crippen molar-refractivity contribution in [1.29, 1.82) is 0 Å². The van der Waals surface area contributed by atoms with Crippen molar-refractivity contribution < 1.29 is 14.6 Å². The number of quaternary nitrogens is 1. The lowest BCUT2D eigenvalue weighted by molar-refractivity contribution is -0.918. The highest BCUT2D eigenvalue weighted by Gasteiger charge is 2.28. The summed E-state index contributed by atoms with van der Waals surface area (Å²) in [5.74, 6) is -0.315. The summed E-state index contributed by atoms with van der Waals surface area (Å²) in [5.41, 5.74) is 1.32. The number of benzene rings is 2. The molecule has 0 spiro atoms. The molecule has 0 saturated carbocycles. The second kappa shape index (κ2) is 8.29. The average molecular weight is 375 g/mol. The van der Waals surface area contributed by atoms with E-state index in [-0.39, 0.29) is 28.2 Å². The molecule has 1 heterocycles. The van der Waals surface area contributed by atoms with Gasteiger partial charge in [0.25, 0.3) is 11.6 Å². The van der Waals surface area contributed by atoms with E-state index in [0.29, 0.717) is 6.54 Å². The number of likely N-dealkylation sites (tertiary alicyclic amines) is 1. The molecule has 7 heteroatoms. The summed E-state index contributed by atoms with van der Waals surface area (Å²) in [6, 6.07) is 14.2. The van der Waals surface area contributed by atoms with Gasteiger partial charge in [0.1, 0.15) is 6.04 Å². The second-order valence-corrected chi connectivity index (χ2v) is 6.87. The standard InChI is InChI=1S/C19H20ClN3O3/c20-17-12-15(23(25)26)8-9-16(17)19(24)21-13-18(22-10-4-5-11-22)14-6-2-1-3-7-14/h1-3,6-9,12,18H,4-5,10-11,13H2,(H,21,24)/p+1/t18-/m1/s1. The van der Waals surface area contributed by atoms with Gasteiger partial charge < -0.3 is 10.2 Å². The summed E-state index contributed by atoms with van der Waals surface area (Å²) >= 11 is 6.06. The van der Waals surface area contributed by atoms with Gasteiger partial charge >= 0.3 is 0 Å². The lowest BCUT2D eigenvalue weighted by Crippen LogP contribution is -3.11. The van der Waals surface area contributed by atoms with Crippen LogP contribution in [0, 0.1) is 10.1 Å². The molecule has 6 nitrogen and oxygen atoms in total. The maximum Gasteiger partial charge on any atom is 0.270 e. The number of amides is 1. The van der Waals surface area contributed by atoms with Crippen LogP contribution in [0.15, 0.2) is 48.5 Å². The third-order valence-electron chi connectivity index (χ3n) is 4.82. The van der Waals surface area contributed by atoms with Crippen LogP contribution in [0.3, 0.4) is 0 Å². The molecular formula is C19H21ClN3O3+. The minimum atomic E-state index is -0.532. The third kappa shape index (κ3) is 4.20. The fourth-order valence-electron chi connectivity index (χ4n) is 3.45. The van der Waals surface area contributed by atoms with Gasteiger partial charge in [0.2, 0.25) is 0 Å². The molecule has 0 unspecified atom stereocenters. The van der Waals surface area contributed by atoms with Crippen molar-refractivity contribution in [2.24, 2.45) is 0 Å². The molecule has 2 aromatic rings. The highest BCUT2D eigenvalue weighted by Crippen LogP contribution is 2.22. The van der Waals surface area contributed by atoms with E-state index in [1.807, 2.05) is 18.2 Å². The topological polar surface area (TPSA) is 76.7 Å². The van der Waals surface area contributed by atoms with Crippen molar-refractivity contribution >= 4 is 23.2 Å². The number of rotatable bonds is 6. The highest BCUT2D eigenvalue weighted by molar-refractivity contribution is 6.34. The van der Waals surface area contributed by atoms with Crippen LogP contribution in [-0.2, 0) is 0 Å². The number of carbonyl (C=O) groups is 1. The van der Waals surface area contributed by atoms with Gasteiger partial charge in [-0.3, -0.25) is 14.9 Å². The monoisotopic (exact) mass is 374 g/mol. The van der Waals surface area contributed by atoms with Crippen molar-refractivity contribution in [2.75, 3.05) is 19.6 Å².